The Bertz CT molecular complexity index is 621. The molecular weight excluding hydrogens is 312 g/mol. The molecule has 0 unspecified atom stereocenters. The molecule has 1 N–H and O–H groups in total. The maximum absolute atomic E-state index is 12.1. The largest absolute Gasteiger partial charge is 0.451 e. The van der Waals surface area contributed by atoms with Gasteiger partial charge in [0.25, 0.3) is 5.91 Å². The molecule has 5 nitrogen and oxygen atoms in total. The third-order valence-electron chi connectivity index (χ3n) is 4.32. The molecule has 0 bridgehead atoms. The number of carbonyl (C=O) groups is 2. The molecule has 0 spiro atoms. The number of nitrogens with one attached hydrogen (secondary N) is 1. The number of carbonyl (C=O) groups excluding carboxylic acids is 2. The highest BCUT2D eigenvalue weighted by molar-refractivity contribution is 7.14. The summed E-state index contributed by atoms with van der Waals surface area (Å²) in [6.45, 7) is 4.99. The maximum atomic E-state index is 12.1. The number of rotatable bonds is 5. The average Bonchev–Trinajstić information content (AvgIpc) is 2.96. The van der Waals surface area contributed by atoms with Gasteiger partial charge in [0.15, 0.2) is 6.61 Å². The van der Waals surface area contributed by atoms with Crippen LogP contribution < -0.4 is 5.32 Å². The number of hydrogen-bond acceptors (Lipinski definition) is 5. The van der Waals surface area contributed by atoms with E-state index in [4.69, 9.17) is 4.74 Å². The zero-order valence-corrected chi connectivity index (χ0v) is 14.6. The van der Waals surface area contributed by atoms with Crippen LogP contribution in [-0.2, 0) is 22.4 Å². The second-order valence-corrected chi connectivity index (χ2v) is 7.50. The number of aryl methyl sites for hydroxylation is 2. The molecule has 0 aliphatic heterocycles. The van der Waals surface area contributed by atoms with Crippen molar-refractivity contribution in [1.29, 1.82) is 5.26 Å². The van der Waals surface area contributed by atoms with E-state index in [1.807, 2.05) is 19.9 Å². The van der Waals surface area contributed by atoms with Gasteiger partial charge in [-0.15, -0.1) is 11.3 Å². The Kier molecular flexibility index (Phi) is 5.42. The van der Waals surface area contributed by atoms with Crippen molar-refractivity contribution in [1.82, 2.24) is 5.32 Å². The van der Waals surface area contributed by atoms with Gasteiger partial charge in [-0.05, 0) is 50.2 Å². The van der Waals surface area contributed by atoms with Crippen LogP contribution >= 0.6 is 11.3 Å². The molecule has 6 heteroatoms. The highest BCUT2D eigenvalue weighted by Gasteiger charge is 2.30. The summed E-state index contributed by atoms with van der Waals surface area (Å²) in [4.78, 5) is 25.8. The van der Waals surface area contributed by atoms with E-state index >= 15 is 0 Å². The molecular formula is C17H22N2O3S. The number of ether oxygens (including phenoxy) is 1. The minimum atomic E-state index is -0.967. The number of esters is 1. The number of nitrogens with zero attached hydrogens (tertiary/aromatic N) is 1. The number of nitriles is 1. The minimum Gasteiger partial charge on any atom is -0.451 e. The van der Waals surface area contributed by atoms with Gasteiger partial charge >= 0.3 is 5.97 Å². The molecule has 1 aliphatic carbocycles. The standard InChI is InChI=1S/C17H22N2O3S/c1-11(2)17(3,10-18)19-15(20)9-22-16(21)14-8-12-6-4-5-7-13(12)23-14/h8,11H,4-7,9H2,1-3H3,(H,19,20)/t17-/m1/s1. The van der Waals surface area contributed by atoms with Gasteiger partial charge in [0.1, 0.15) is 10.4 Å². The Morgan fingerprint density at radius 1 is 1.43 bits per heavy atom. The predicted molar refractivity (Wildman–Crippen MR) is 88.2 cm³/mol. The van der Waals surface area contributed by atoms with Crippen LogP contribution in [0, 0.1) is 17.2 Å². The third-order valence-corrected chi connectivity index (χ3v) is 5.54. The van der Waals surface area contributed by atoms with Crippen LogP contribution in [0.3, 0.4) is 0 Å². The first-order chi connectivity index (χ1) is 10.9. The number of thiophene rings is 1. The normalized spacial score (nSPS) is 16.1. The van der Waals surface area contributed by atoms with Crippen LogP contribution in [0.25, 0.3) is 0 Å². The molecule has 124 valence electrons. The zero-order valence-electron chi connectivity index (χ0n) is 13.8. The van der Waals surface area contributed by atoms with Crippen LogP contribution in [0.2, 0.25) is 0 Å². The topological polar surface area (TPSA) is 79.2 Å². The lowest BCUT2D eigenvalue weighted by atomic mass is 9.90. The van der Waals surface area contributed by atoms with E-state index in [9.17, 15) is 14.9 Å². The Balaban J connectivity index is 1.90. The molecule has 0 saturated carbocycles. The van der Waals surface area contributed by atoms with Gasteiger partial charge < -0.3 is 10.1 Å². The summed E-state index contributed by atoms with van der Waals surface area (Å²) in [5.74, 6) is -0.976. The Morgan fingerprint density at radius 2 is 2.13 bits per heavy atom. The van der Waals surface area contributed by atoms with Gasteiger partial charge in [-0.2, -0.15) is 5.26 Å². The van der Waals surface area contributed by atoms with E-state index in [0.717, 1.165) is 25.7 Å². The van der Waals surface area contributed by atoms with E-state index in [1.165, 1.54) is 21.8 Å². The minimum absolute atomic E-state index is 0.0452. The summed E-state index contributed by atoms with van der Waals surface area (Å²) in [6.07, 6.45) is 4.34. The summed E-state index contributed by atoms with van der Waals surface area (Å²) in [7, 11) is 0. The summed E-state index contributed by atoms with van der Waals surface area (Å²) in [5, 5.41) is 11.8. The van der Waals surface area contributed by atoms with Crippen LogP contribution in [-0.4, -0.2) is 24.0 Å². The molecule has 1 aromatic rings. The fraction of sp³-hybridized carbons (Fsp3) is 0.588. The van der Waals surface area contributed by atoms with Crippen molar-refractivity contribution in [3.63, 3.8) is 0 Å². The fourth-order valence-corrected chi connectivity index (χ4v) is 3.57. The smallest absolute Gasteiger partial charge is 0.348 e. The summed E-state index contributed by atoms with van der Waals surface area (Å²) in [5.41, 5.74) is 0.264. The van der Waals surface area contributed by atoms with Gasteiger partial charge in [-0.1, -0.05) is 13.8 Å². The first-order valence-electron chi connectivity index (χ1n) is 7.86. The summed E-state index contributed by atoms with van der Waals surface area (Å²) < 4.78 is 5.09. The lowest BCUT2D eigenvalue weighted by molar-refractivity contribution is -0.125. The van der Waals surface area contributed by atoms with Crippen molar-refractivity contribution >= 4 is 23.2 Å². The highest BCUT2D eigenvalue weighted by Crippen LogP contribution is 2.30. The second kappa shape index (κ2) is 7.14. The van der Waals surface area contributed by atoms with Gasteiger partial charge in [0, 0.05) is 4.88 Å². The van der Waals surface area contributed by atoms with E-state index in [0.29, 0.717) is 4.88 Å². The van der Waals surface area contributed by atoms with Crippen LogP contribution in [0.4, 0.5) is 0 Å². The van der Waals surface area contributed by atoms with Crippen molar-refractivity contribution in [2.75, 3.05) is 6.61 Å². The molecule has 2 rings (SSSR count). The van der Waals surface area contributed by atoms with Gasteiger partial charge in [-0.3, -0.25) is 4.79 Å². The van der Waals surface area contributed by atoms with Crippen molar-refractivity contribution in [2.24, 2.45) is 5.92 Å². The van der Waals surface area contributed by atoms with E-state index in [-0.39, 0.29) is 12.5 Å². The molecule has 0 fully saturated rings. The van der Waals surface area contributed by atoms with Crippen LogP contribution in [0.15, 0.2) is 6.07 Å². The first kappa shape index (κ1) is 17.5. The average molecular weight is 334 g/mol. The molecule has 0 radical (unpaired) electrons. The first-order valence-corrected chi connectivity index (χ1v) is 8.68. The molecule has 1 atom stereocenters. The summed E-state index contributed by atoms with van der Waals surface area (Å²) >= 11 is 1.46. The highest BCUT2D eigenvalue weighted by atomic mass is 32.1. The Hall–Kier alpha value is -1.87. The fourth-order valence-electron chi connectivity index (χ4n) is 2.42. The number of hydrogen-bond donors (Lipinski definition) is 1. The van der Waals surface area contributed by atoms with E-state index in [2.05, 4.69) is 11.4 Å². The number of amides is 1. The SMILES string of the molecule is CC(C)[C@@](C)(C#N)NC(=O)COC(=O)c1cc2c(s1)CCCC2. The summed E-state index contributed by atoms with van der Waals surface area (Å²) in [6, 6.07) is 3.97. The van der Waals surface area contributed by atoms with E-state index < -0.39 is 17.4 Å². The molecule has 0 saturated heterocycles. The molecule has 1 heterocycles. The molecule has 23 heavy (non-hydrogen) atoms. The maximum Gasteiger partial charge on any atom is 0.348 e. The molecule has 1 aromatic heterocycles. The lowest BCUT2D eigenvalue weighted by Gasteiger charge is -2.27. The Labute approximate surface area is 140 Å². The molecule has 1 amide bonds. The van der Waals surface area contributed by atoms with Gasteiger partial charge in [-0.25, -0.2) is 4.79 Å². The lowest BCUT2D eigenvalue weighted by Crippen LogP contribution is -2.50. The van der Waals surface area contributed by atoms with Crippen molar-refractivity contribution < 1.29 is 14.3 Å². The quantitative estimate of drug-likeness (QED) is 0.840. The monoisotopic (exact) mass is 334 g/mol. The van der Waals surface area contributed by atoms with Crippen LogP contribution in [0.5, 0.6) is 0 Å². The van der Waals surface area contributed by atoms with Gasteiger partial charge in [0.2, 0.25) is 0 Å². The molecule has 1 aliphatic rings. The van der Waals surface area contributed by atoms with Crippen molar-refractivity contribution in [3.05, 3.63) is 21.4 Å². The second-order valence-electron chi connectivity index (χ2n) is 6.36. The third kappa shape index (κ3) is 4.11. The van der Waals surface area contributed by atoms with Crippen LogP contribution in [0.1, 0.15) is 53.7 Å². The number of fused-ring (bicyclic) bond motifs is 1. The Morgan fingerprint density at radius 3 is 2.74 bits per heavy atom. The van der Waals surface area contributed by atoms with Crippen molar-refractivity contribution in [2.45, 2.75) is 52.0 Å². The predicted octanol–water partition coefficient (Wildman–Crippen LogP) is 2.84. The van der Waals surface area contributed by atoms with Crippen molar-refractivity contribution in [3.8, 4) is 6.07 Å². The zero-order chi connectivity index (χ0) is 17.0. The molecule has 0 aromatic carbocycles. The van der Waals surface area contributed by atoms with Gasteiger partial charge in [0.05, 0.1) is 6.07 Å². The van der Waals surface area contributed by atoms with E-state index in [1.54, 1.807) is 6.92 Å².